The van der Waals surface area contributed by atoms with Crippen molar-refractivity contribution in [3.63, 3.8) is 0 Å². The summed E-state index contributed by atoms with van der Waals surface area (Å²) in [6, 6.07) is 10.2. The number of pyridine rings is 1. The van der Waals surface area contributed by atoms with E-state index in [-0.39, 0.29) is 17.8 Å². The first-order valence-corrected chi connectivity index (χ1v) is 11.3. The molecule has 0 radical (unpaired) electrons. The zero-order valence-electron chi connectivity index (χ0n) is 18.9. The van der Waals surface area contributed by atoms with Gasteiger partial charge in [-0.05, 0) is 31.1 Å². The molecule has 1 aliphatic carbocycles. The molecule has 1 atom stereocenters. The number of carbonyl (C=O) groups is 1. The summed E-state index contributed by atoms with van der Waals surface area (Å²) in [6.07, 6.45) is 8.33. The van der Waals surface area contributed by atoms with Crippen molar-refractivity contribution >= 4 is 17.2 Å². The number of allylic oxidation sites excluding steroid dienone is 1. The average Bonchev–Trinajstić information content (AvgIpc) is 3.28. The number of carbonyl (C=O) groups excluding carboxylic acids is 1. The molecule has 1 fully saturated rings. The number of anilines is 1. The number of hydrogen-bond acceptors (Lipinski definition) is 6. The number of hydrogen-bond donors (Lipinski definition) is 1. The van der Waals surface area contributed by atoms with E-state index in [0.717, 1.165) is 71.9 Å². The van der Waals surface area contributed by atoms with Crippen LogP contribution in [0.3, 0.4) is 0 Å². The Morgan fingerprint density at radius 2 is 1.88 bits per heavy atom. The summed E-state index contributed by atoms with van der Waals surface area (Å²) < 4.78 is 5.47. The molecule has 33 heavy (non-hydrogen) atoms. The number of ether oxygens (including phenoxy) is 1. The first-order valence-electron chi connectivity index (χ1n) is 11.3. The predicted octanol–water partition coefficient (Wildman–Crippen LogP) is 3.50. The van der Waals surface area contributed by atoms with Crippen LogP contribution in [0.2, 0.25) is 0 Å². The van der Waals surface area contributed by atoms with Gasteiger partial charge in [-0.2, -0.15) is 0 Å². The molecular formula is C26H27N5O2. The molecule has 0 unspecified atom stereocenters. The SMILES string of the molecule is Cc1cccc([C@H](C)NC(=O)c2ncc(C3=CCc4ncc(N5CCOCC5)cc43)cn2)c1. The van der Waals surface area contributed by atoms with Crippen molar-refractivity contribution in [3.8, 4) is 0 Å². The second-order valence-electron chi connectivity index (χ2n) is 8.51. The first-order chi connectivity index (χ1) is 16.1. The Bertz CT molecular complexity index is 1200. The number of nitrogens with zero attached hydrogens (tertiary/aromatic N) is 4. The van der Waals surface area contributed by atoms with Crippen molar-refractivity contribution < 1.29 is 9.53 Å². The maximum absolute atomic E-state index is 12.7. The van der Waals surface area contributed by atoms with Gasteiger partial charge in [0.25, 0.3) is 5.91 Å². The standard InChI is InChI=1S/C26H27N5O2/c1-17-4-3-5-19(12-17)18(2)30-26(32)25-28-14-20(15-29-25)22-6-7-24-23(22)13-21(16-27-24)31-8-10-33-11-9-31/h3-6,12-16,18H,7-11H2,1-2H3,(H,30,32)/t18-/m0/s1. The van der Waals surface area contributed by atoms with Gasteiger partial charge in [0, 0.05) is 43.0 Å². The van der Waals surface area contributed by atoms with Crippen LogP contribution in [0.15, 0.2) is 55.0 Å². The summed E-state index contributed by atoms with van der Waals surface area (Å²) in [5, 5.41) is 2.98. The van der Waals surface area contributed by atoms with Gasteiger partial charge in [-0.1, -0.05) is 35.9 Å². The molecule has 0 saturated carbocycles. The van der Waals surface area contributed by atoms with Crippen LogP contribution in [0.1, 0.15) is 51.5 Å². The van der Waals surface area contributed by atoms with E-state index in [1.54, 1.807) is 12.4 Å². The second kappa shape index (κ2) is 9.11. The maximum atomic E-state index is 12.7. The van der Waals surface area contributed by atoms with Crippen LogP contribution in [-0.2, 0) is 11.2 Å². The summed E-state index contributed by atoms with van der Waals surface area (Å²) in [5.41, 5.74) is 7.42. The summed E-state index contributed by atoms with van der Waals surface area (Å²) >= 11 is 0. The molecule has 1 aliphatic heterocycles. The topological polar surface area (TPSA) is 80.2 Å². The van der Waals surface area contributed by atoms with Gasteiger partial charge in [0.2, 0.25) is 5.82 Å². The van der Waals surface area contributed by atoms with E-state index in [1.165, 1.54) is 0 Å². The molecule has 2 aliphatic rings. The van der Waals surface area contributed by atoms with E-state index in [4.69, 9.17) is 4.74 Å². The van der Waals surface area contributed by atoms with E-state index in [1.807, 2.05) is 38.2 Å². The molecule has 3 aromatic rings. The van der Waals surface area contributed by atoms with Crippen molar-refractivity contribution in [2.24, 2.45) is 0 Å². The van der Waals surface area contributed by atoms with Crippen molar-refractivity contribution in [1.29, 1.82) is 0 Å². The highest BCUT2D eigenvalue weighted by atomic mass is 16.5. The van der Waals surface area contributed by atoms with Crippen LogP contribution in [0.25, 0.3) is 5.57 Å². The van der Waals surface area contributed by atoms with Crippen LogP contribution in [0, 0.1) is 6.92 Å². The lowest BCUT2D eigenvalue weighted by Gasteiger charge is -2.29. The van der Waals surface area contributed by atoms with Gasteiger partial charge in [0.05, 0.1) is 36.8 Å². The van der Waals surface area contributed by atoms with Crippen LogP contribution in [-0.4, -0.2) is 47.2 Å². The van der Waals surface area contributed by atoms with Crippen LogP contribution in [0.4, 0.5) is 5.69 Å². The molecule has 7 nitrogen and oxygen atoms in total. The number of rotatable bonds is 5. The van der Waals surface area contributed by atoms with Crippen molar-refractivity contribution in [1.82, 2.24) is 20.3 Å². The highest BCUT2D eigenvalue weighted by Gasteiger charge is 2.21. The van der Waals surface area contributed by atoms with E-state index < -0.39 is 0 Å². The molecular weight excluding hydrogens is 414 g/mol. The minimum absolute atomic E-state index is 0.130. The molecule has 1 saturated heterocycles. The number of amides is 1. The third kappa shape index (κ3) is 4.50. The zero-order valence-corrected chi connectivity index (χ0v) is 18.9. The molecule has 1 N–H and O–H groups in total. The largest absolute Gasteiger partial charge is 0.378 e. The average molecular weight is 442 g/mol. The van der Waals surface area contributed by atoms with E-state index in [9.17, 15) is 4.79 Å². The van der Waals surface area contributed by atoms with E-state index in [2.05, 4.69) is 43.4 Å². The lowest BCUT2D eigenvalue weighted by atomic mass is 10.0. The predicted molar refractivity (Wildman–Crippen MR) is 127 cm³/mol. The Hall–Kier alpha value is -3.58. The normalized spacial score (nSPS) is 16.2. The summed E-state index contributed by atoms with van der Waals surface area (Å²) in [6.45, 7) is 7.20. The molecule has 7 heteroatoms. The molecule has 1 amide bonds. The Morgan fingerprint density at radius 3 is 2.64 bits per heavy atom. The molecule has 0 spiro atoms. The van der Waals surface area contributed by atoms with E-state index in [0.29, 0.717) is 0 Å². The second-order valence-corrected chi connectivity index (χ2v) is 8.51. The first kappa shape index (κ1) is 21.3. The fourth-order valence-electron chi connectivity index (χ4n) is 4.32. The maximum Gasteiger partial charge on any atom is 0.289 e. The van der Waals surface area contributed by atoms with Gasteiger partial charge in [-0.15, -0.1) is 0 Å². The highest BCUT2D eigenvalue weighted by Crippen LogP contribution is 2.33. The molecule has 1 aromatic carbocycles. The fourth-order valence-corrected chi connectivity index (χ4v) is 4.32. The van der Waals surface area contributed by atoms with Gasteiger partial charge in [0.1, 0.15) is 0 Å². The molecule has 3 heterocycles. The van der Waals surface area contributed by atoms with Crippen LogP contribution in [0.5, 0.6) is 0 Å². The number of aromatic nitrogens is 3. The monoisotopic (exact) mass is 441 g/mol. The fraction of sp³-hybridized carbons (Fsp3) is 0.308. The minimum atomic E-state index is -0.285. The Morgan fingerprint density at radius 1 is 1.09 bits per heavy atom. The van der Waals surface area contributed by atoms with Crippen molar-refractivity contribution in [2.45, 2.75) is 26.3 Å². The third-order valence-corrected chi connectivity index (χ3v) is 6.18. The molecule has 5 rings (SSSR count). The molecule has 168 valence electrons. The lowest BCUT2D eigenvalue weighted by molar-refractivity contribution is 0.0929. The smallest absolute Gasteiger partial charge is 0.289 e. The summed E-state index contributed by atoms with van der Waals surface area (Å²) in [7, 11) is 0. The van der Waals surface area contributed by atoms with Crippen molar-refractivity contribution in [2.75, 3.05) is 31.2 Å². The van der Waals surface area contributed by atoms with Gasteiger partial charge in [0.15, 0.2) is 0 Å². The quantitative estimate of drug-likeness (QED) is 0.653. The number of aryl methyl sites for hydroxylation is 1. The Labute approximate surface area is 193 Å². The molecule has 0 bridgehead atoms. The summed E-state index contributed by atoms with van der Waals surface area (Å²) in [4.78, 5) is 28.4. The minimum Gasteiger partial charge on any atom is -0.378 e. The number of morpholine rings is 1. The number of fused-ring (bicyclic) bond motifs is 1. The van der Waals surface area contributed by atoms with Gasteiger partial charge < -0.3 is 15.0 Å². The Kier molecular flexibility index (Phi) is 5.88. The van der Waals surface area contributed by atoms with Crippen LogP contribution >= 0.6 is 0 Å². The van der Waals surface area contributed by atoms with Crippen molar-refractivity contribution in [3.05, 3.63) is 88.8 Å². The number of benzene rings is 1. The van der Waals surface area contributed by atoms with Gasteiger partial charge in [-0.3, -0.25) is 9.78 Å². The van der Waals surface area contributed by atoms with Crippen LogP contribution < -0.4 is 10.2 Å². The van der Waals surface area contributed by atoms with E-state index >= 15 is 0 Å². The highest BCUT2D eigenvalue weighted by molar-refractivity contribution is 5.91. The zero-order chi connectivity index (χ0) is 22.8. The molecule has 2 aromatic heterocycles. The third-order valence-electron chi connectivity index (χ3n) is 6.18. The summed E-state index contributed by atoms with van der Waals surface area (Å²) in [5.74, 6) is -0.120. The Balaban J connectivity index is 1.31. The number of nitrogens with one attached hydrogen (secondary N) is 1. The van der Waals surface area contributed by atoms with Gasteiger partial charge >= 0.3 is 0 Å². The van der Waals surface area contributed by atoms with Gasteiger partial charge in [-0.25, -0.2) is 9.97 Å². The lowest BCUT2D eigenvalue weighted by Crippen LogP contribution is -2.36.